The van der Waals surface area contributed by atoms with Crippen molar-refractivity contribution in [3.05, 3.63) is 35.2 Å². The summed E-state index contributed by atoms with van der Waals surface area (Å²) in [6.07, 6.45) is 0. The Labute approximate surface area is 83.2 Å². The van der Waals surface area contributed by atoms with Gasteiger partial charge >= 0.3 is 0 Å². The van der Waals surface area contributed by atoms with E-state index in [1.807, 2.05) is 19.1 Å². The Hall–Kier alpha value is -1.64. The molecule has 0 unspecified atom stereocenters. The second kappa shape index (κ2) is 3.25. The van der Waals surface area contributed by atoms with Crippen LogP contribution < -0.4 is 0 Å². The van der Waals surface area contributed by atoms with Crippen molar-refractivity contribution in [3.63, 3.8) is 0 Å². The van der Waals surface area contributed by atoms with Gasteiger partial charge in [0.2, 0.25) is 0 Å². The van der Waals surface area contributed by atoms with Gasteiger partial charge in [-0.2, -0.15) is 5.10 Å². The van der Waals surface area contributed by atoms with Crippen LogP contribution in [0.2, 0.25) is 0 Å². The third-order valence-electron chi connectivity index (χ3n) is 2.44. The lowest BCUT2D eigenvalue weighted by atomic mass is 10.0. The summed E-state index contributed by atoms with van der Waals surface area (Å²) in [6, 6.07) is 6.17. The molecule has 3 heteroatoms. The predicted molar refractivity (Wildman–Crippen MR) is 56.0 cm³/mol. The number of rotatable bonds is 1. The molecule has 0 spiro atoms. The third-order valence-corrected chi connectivity index (χ3v) is 2.44. The number of benzene rings is 1. The first-order valence-electron chi connectivity index (χ1n) is 4.64. The zero-order valence-electron chi connectivity index (χ0n) is 8.63. The molecule has 0 aliphatic rings. The van der Waals surface area contributed by atoms with Gasteiger partial charge in [0.15, 0.2) is 5.82 Å². The van der Waals surface area contributed by atoms with E-state index >= 15 is 0 Å². The number of hydrogen-bond donors (Lipinski definition) is 1. The molecule has 0 saturated carbocycles. The minimum atomic E-state index is 0.781. The average molecular weight is 187 g/mol. The Balaban J connectivity index is 2.57. The number of hydrogen-bond acceptors (Lipinski definition) is 2. The first-order chi connectivity index (χ1) is 6.68. The number of nitrogens with zero attached hydrogens (tertiary/aromatic N) is 2. The van der Waals surface area contributed by atoms with Crippen molar-refractivity contribution < 1.29 is 0 Å². The van der Waals surface area contributed by atoms with Crippen molar-refractivity contribution in [1.29, 1.82) is 0 Å². The minimum absolute atomic E-state index is 0.781. The van der Waals surface area contributed by atoms with Crippen LogP contribution in [-0.2, 0) is 0 Å². The molecule has 1 N–H and O–H groups in total. The molecule has 0 aliphatic carbocycles. The molecule has 0 saturated heterocycles. The molecule has 0 amide bonds. The highest BCUT2D eigenvalue weighted by atomic mass is 15.2. The van der Waals surface area contributed by atoms with Crippen molar-refractivity contribution >= 4 is 0 Å². The van der Waals surface area contributed by atoms with Crippen LogP contribution in [0.1, 0.15) is 17.0 Å². The number of aryl methyl sites for hydroxylation is 2. The normalized spacial score (nSPS) is 10.5. The molecule has 14 heavy (non-hydrogen) atoms. The van der Waals surface area contributed by atoms with Gasteiger partial charge in [-0.1, -0.05) is 18.2 Å². The lowest BCUT2D eigenvalue weighted by molar-refractivity contribution is 1.04. The molecule has 0 radical (unpaired) electrons. The second-order valence-corrected chi connectivity index (χ2v) is 3.49. The molecular weight excluding hydrogens is 174 g/mol. The zero-order chi connectivity index (χ0) is 10.1. The van der Waals surface area contributed by atoms with E-state index in [0.29, 0.717) is 0 Å². The highest BCUT2D eigenvalue weighted by Gasteiger charge is 2.07. The lowest BCUT2D eigenvalue weighted by Gasteiger charge is -2.03. The minimum Gasteiger partial charge on any atom is -0.263 e. The molecule has 2 rings (SSSR count). The molecule has 0 bridgehead atoms. The monoisotopic (exact) mass is 187 g/mol. The lowest BCUT2D eigenvalue weighted by Crippen LogP contribution is -1.88. The second-order valence-electron chi connectivity index (χ2n) is 3.49. The van der Waals surface area contributed by atoms with Gasteiger partial charge in [0.05, 0.1) is 0 Å². The zero-order valence-corrected chi connectivity index (χ0v) is 8.63. The Bertz CT molecular complexity index is 457. The fourth-order valence-corrected chi connectivity index (χ4v) is 1.46. The number of nitrogens with one attached hydrogen (secondary N) is 1. The van der Waals surface area contributed by atoms with Crippen molar-refractivity contribution in [2.45, 2.75) is 20.8 Å². The average Bonchev–Trinajstić information content (AvgIpc) is 2.57. The first kappa shape index (κ1) is 8.94. The Morgan fingerprint density at radius 3 is 2.57 bits per heavy atom. The fourth-order valence-electron chi connectivity index (χ4n) is 1.46. The van der Waals surface area contributed by atoms with E-state index in [1.165, 1.54) is 11.1 Å². The summed E-state index contributed by atoms with van der Waals surface area (Å²) in [4.78, 5) is 4.32. The van der Waals surface area contributed by atoms with E-state index in [9.17, 15) is 0 Å². The van der Waals surface area contributed by atoms with Crippen LogP contribution >= 0.6 is 0 Å². The van der Waals surface area contributed by atoms with Crippen molar-refractivity contribution in [2.75, 3.05) is 0 Å². The maximum atomic E-state index is 4.32. The SMILES string of the molecule is Cc1nc(-c2cccc(C)c2C)n[nH]1. The van der Waals surface area contributed by atoms with Crippen LogP contribution in [0.25, 0.3) is 11.4 Å². The largest absolute Gasteiger partial charge is 0.263 e. The van der Waals surface area contributed by atoms with Gasteiger partial charge in [0.1, 0.15) is 5.82 Å². The third kappa shape index (κ3) is 1.41. The molecule has 0 aliphatic heterocycles. The van der Waals surface area contributed by atoms with Crippen molar-refractivity contribution in [1.82, 2.24) is 15.2 Å². The topological polar surface area (TPSA) is 41.6 Å². The quantitative estimate of drug-likeness (QED) is 0.744. The summed E-state index contributed by atoms with van der Waals surface area (Å²) in [5.74, 6) is 1.63. The molecule has 1 aromatic carbocycles. The Kier molecular flexibility index (Phi) is 2.08. The van der Waals surface area contributed by atoms with Gasteiger partial charge in [0, 0.05) is 5.56 Å². The van der Waals surface area contributed by atoms with Gasteiger partial charge in [0.25, 0.3) is 0 Å². The Morgan fingerprint density at radius 1 is 1.14 bits per heavy atom. The van der Waals surface area contributed by atoms with Crippen LogP contribution in [0.5, 0.6) is 0 Å². The maximum Gasteiger partial charge on any atom is 0.181 e. The molecule has 1 heterocycles. The van der Waals surface area contributed by atoms with Crippen LogP contribution in [0.4, 0.5) is 0 Å². The van der Waals surface area contributed by atoms with Gasteiger partial charge in [-0.15, -0.1) is 0 Å². The molecule has 0 atom stereocenters. The fraction of sp³-hybridized carbons (Fsp3) is 0.273. The van der Waals surface area contributed by atoms with Gasteiger partial charge in [-0.05, 0) is 31.9 Å². The van der Waals surface area contributed by atoms with E-state index < -0.39 is 0 Å². The smallest absolute Gasteiger partial charge is 0.181 e. The molecule has 72 valence electrons. The van der Waals surface area contributed by atoms with E-state index in [-0.39, 0.29) is 0 Å². The van der Waals surface area contributed by atoms with Crippen LogP contribution in [0.15, 0.2) is 18.2 Å². The number of aromatic nitrogens is 3. The van der Waals surface area contributed by atoms with E-state index in [1.54, 1.807) is 0 Å². The summed E-state index contributed by atoms with van der Waals surface area (Å²) in [6.45, 7) is 6.09. The van der Waals surface area contributed by atoms with Crippen LogP contribution in [0, 0.1) is 20.8 Å². The van der Waals surface area contributed by atoms with Crippen molar-refractivity contribution in [2.24, 2.45) is 0 Å². The summed E-state index contributed by atoms with van der Waals surface area (Å²) < 4.78 is 0. The summed E-state index contributed by atoms with van der Waals surface area (Å²) in [7, 11) is 0. The maximum absolute atomic E-state index is 4.32. The highest BCUT2D eigenvalue weighted by molar-refractivity contribution is 5.61. The summed E-state index contributed by atoms with van der Waals surface area (Å²) in [5.41, 5.74) is 3.62. The van der Waals surface area contributed by atoms with Crippen LogP contribution in [0.3, 0.4) is 0 Å². The van der Waals surface area contributed by atoms with E-state index in [0.717, 1.165) is 17.2 Å². The molecule has 0 fully saturated rings. The summed E-state index contributed by atoms with van der Waals surface area (Å²) >= 11 is 0. The highest BCUT2D eigenvalue weighted by Crippen LogP contribution is 2.21. The predicted octanol–water partition coefficient (Wildman–Crippen LogP) is 2.40. The van der Waals surface area contributed by atoms with Gasteiger partial charge < -0.3 is 0 Å². The van der Waals surface area contributed by atoms with Crippen LogP contribution in [-0.4, -0.2) is 15.2 Å². The van der Waals surface area contributed by atoms with Gasteiger partial charge in [-0.25, -0.2) is 4.98 Å². The van der Waals surface area contributed by atoms with E-state index in [4.69, 9.17) is 0 Å². The first-order valence-corrected chi connectivity index (χ1v) is 4.64. The summed E-state index contributed by atoms with van der Waals surface area (Å²) in [5, 5.41) is 7.00. The van der Waals surface area contributed by atoms with Crippen molar-refractivity contribution in [3.8, 4) is 11.4 Å². The number of aromatic amines is 1. The molecular formula is C11H13N3. The molecule has 2 aromatic rings. The molecule has 1 aromatic heterocycles. The number of H-pyrrole nitrogens is 1. The Morgan fingerprint density at radius 2 is 1.93 bits per heavy atom. The molecule has 3 nitrogen and oxygen atoms in total. The standard InChI is InChI=1S/C11H13N3/c1-7-5-4-6-10(8(7)2)11-12-9(3)13-14-11/h4-6H,1-3H3,(H,12,13,14). The van der Waals surface area contributed by atoms with Gasteiger partial charge in [-0.3, -0.25) is 5.10 Å². The van der Waals surface area contributed by atoms with E-state index in [2.05, 4.69) is 35.1 Å².